The molecule has 2 rings (SSSR count). The Morgan fingerprint density at radius 1 is 1.38 bits per heavy atom. The van der Waals surface area contributed by atoms with Gasteiger partial charge < -0.3 is 4.74 Å². The standard InChI is InChI=1S/C12H10N2OS/c1-8-5-12(13-7-16)10-6-9(15-2)3-4-11(10)14-8/h3-6H,1-2H3. The number of methoxy groups -OCH3 is 1. The summed E-state index contributed by atoms with van der Waals surface area (Å²) >= 11 is 4.63. The molecule has 80 valence electrons. The van der Waals surface area contributed by atoms with E-state index in [1.54, 1.807) is 7.11 Å². The lowest BCUT2D eigenvalue weighted by atomic mass is 10.1. The van der Waals surface area contributed by atoms with Crippen molar-refractivity contribution < 1.29 is 4.74 Å². The highest BCUT2D eigenvalue weighted by Crippen LogP contribution is 2.28. The molecule has 0 N–H and O–H groups in total. The van der Waals surface area contributed by atoms with Crippen LogP contribution in [0.3, 0.4) is 0 Å². The van der Waals surface area contributed by atoms with Crippen molar-refractivity contribution in [2.45, 2.75) is 6.92 Å². The maximum atomic E-state index is 5.17. The zero-order valence-corrected chi connectivity index (χ0v) is 9.84. The molecule has 0 saturated heterocycles. The minimum absolute atomic E-state index is 0.774. The van der Waals surface area contributed by atoms with Gasteiger partial charge in [0.05, 0.1) is 23.5 Å². The van der Waals surface area contributed by atoms with Crippen molar-refractivity contribution in [1.82, 2.24) is 4.98 Å². The Labute approximate surface area is 98.8 Å². The third-order valence-corrected chi connectivity index (χ3v) is 2.38. The van der Waals surface area contributed by atoms with Crippen LogP contribution in [0, 0.1) is 6.92 Å². The van der Waals surface area contributed by atoms with Crippen molar-refractivity contribution in [3.8, 4) is 5.75 Å². The van der Waals surface area contributed by atoms with Gasteiger partial charge in [-0.3, -0.25) is 4.98 Å². The van der Waals surface area contributed by atoms with Crippen LogP contribution >= 0.6 is 12.2 Å². The Kier molecular flexibility index (Phi) is 2.95. The summed E-state index contributed by atoms with van der Waals surface area (Å²) in [5.74, 6) is 0.777. The van der Waals surface area contributed by atoms with Crippen LogP contribution in [0.5, 0.6) is 5.75 Å². The molecule has 0 aliphatic heterocycles. The van der Waals surface area contributed by atoms with Gasteiger partial charge in [0.2, 0.25) is 0 Å². The lowest BCUT2D eigenvalue weighted by Gasteiger charge is -2.05. The highest BCUT2D eigenvalue weighted by atomic mass is 32.1. The molecule has 2 aromatic rings. The van der Waals surface area contributed by atoms with Crippen LogP contribution in [0.15, 0.2) is 29.3 Å². The number of aromatic nitrogens is 1. The molecule has 1 heterocycles. The van der Waals surface area contributed by atoms with Gasteiger partial charge >= 0.3 is 0 Å². The molecular weight excluding hydrogens is 220 g/mol. The summed E-state index contributed by atoms with van der Waals surface area (Å²) in [4.78, 5) is 8.46. The van der Waals surface area contributed by atoms with E-state index in [9.17, 15) is 0 Å². The highest BCUT2D eigenvalue weighted by molar-refractivity contribution is 7.78. The summed E-state index contributed by atoms with van der Waals surface area (Å²) < 4.78 is 5.17. The molecular formula is C12H10N2OS. The van der Waals surface area contributed by atoms with Crippen molar-refractivity contribution in [3.05, 3.63) is 30.0 Å². The molecule has 0 aliphatic carbocycles. The summed E-state index contributed by atoms with van der Waals surface area (Å²) in [5, 5.41) is 3.30. The number of hydrogen-bond acceptors (Lipinski definition) is 4. The van der Waals surface area contributed by atoms with Gasteiger partial charge in [-0.2, -0.15) is 4.99 Å². The van der Waals surface area contributed by atoms with Crippen LogP contribution in [-0.4, -0.2) is 17.3 Å². The lowest BCUT2D eigenvalue weighted by molar-refractivity contribution is 0.415. The number of isothiocyanates is 1. The fourth-order valence-electron chi connectivity index (χ4n) is 1.58. The van der Waals surface area contributed by atoms with E-state index in [1.807, 2.05) is 31.2 Å². The average molecular weight is 230 g/mol. The minimum Gasteiger partial charge on any atom is -0.497 e. The van der Waals surface area contributed by atoms with Crippen LogP contribution < -0.4 is 4.74 Å². The highest BCUT2D eigenvalue weighted by Gasteiger charge is 2.04. The average Bonchev–Trinajstić information content (AvgIpc) is 2.29. The topological polar surface area (TPSA) is 34.5 Å². The van der Waals surface area contributed by atoms with Crippen molar-refractivity contribution in [1.29, 1.82) is 0 Å². The molecule has 3 nitrogen and oxygen atoms in total. The largest absolute Gasteiger partial charge is 0.497 e. The molecule has 0 atom stereocenters. The van der Waals surface area contributed by atoms with Gasteiger partial charge in [-0.15, -0.1) is 0 Å². The van der Waals surface area contributed by atoms with Crippen LogP contribution in [0.1, 0.15) is 5.69 Å². The van der Waals surface area contributed by atoms with Crippen LogP contribution in [0.4, 0.5) is 5.69 Å². The van der Waals surface area contributed by atoms with Crippen LogP contribution in [-0.2, 0) is 0 Å². The maximum Gasteiger partial charge on any atom is 0.119 e. The van der Waals surface area contributed by atoms with E-state index >= 15 is 0 Å². The summed E-state index contributed by atoms with van der Waals surface area (Å²) in [7, 11) is 1.63. The monoisotopic (exact) mass is 230 g/mol. The van der Waals surface area contributed by atoms with Gasteiger partial charge in [-0.25, -0.2) is 0 Å². The number of fused-ring (bicyclic) bond motifs is 1. The SMILES string of the molecule is COc1ccc2nc(C)cc(N=C=S)c2c1. The summed E-state index contributed by atoms with van der Waals surface area (Å²) in [5.41, 5.74) is 2.56. The second kappa shape index (κ2) is 4.39. The van der Waals surface area contributed by atoms with E-state index in [0.29, 0.717) is 0 Å². The predicted octanol–water partition coefficient (Wildman–Crippen LogP) is 3.29. The molecule has 0 radical (unpaired) electrons. The number of aryl methyl sites for hydroxylation is 1. The van der Waals surface area contributed by atoms with Gasteiger partial charge in [-0.05, 0) is 43.4 Å². The first-order valence-corrected chi connectivity index (χ1v) is 5.18. The number of hydrogen-bond donors (Lipinski definition) is 0. The molecule has 0 bridgehead atoms. The quantitative estimate of drug-likeness (QED) is 0.586. The molecule has 1 aromatic heterocycles. The van der Waals surface area contributed by atoms with E-state index in [1.165, 1.54) is 0 Å². The number of ether oxygens (including phenoxy) is 1. The molecule has 0 amide bonds. The number of thiocarbonyl (C=S) groups is 1. The minimum atomic E-state index is 0.774. The normalized spacial score (nSPS) is 9.88. The van der Waals surface area contributed by atoms with E-state index in [2.05, 4.69) is 27.4 Å². The molecule has 16 heavy (non-hydrogen) atoms. The van der Waals surface area contributed by atoms with Gasteiger partial charge in [-0.1, -0.05) is 0 Å². The summed E-state index contributed by atoms with van der Waals surface area (Å²) in [6.45, 7) is 1.92. The maximum absolute atomic E-state index is 5.17. The smallest absolute Gasteiger partial charge is 0.119 e. The van der Waals surface area contributed by atoms with Crippen molar-refractivity contribution >= 4 is 34.0 Å². The Bertz CT molecular complexity index is 589. The van der Waals surface area contributed by atoms with E-state index in [4.69, 9.17) is 4.74 Å². The van der Waals surface area contributed by atoms with Gasteiger partial charge in [0.1, 0.15) is 5.75 Å². The Hall–Kier alpha value is -1.77. The summed E-state index contributed by atoms with van der Waals surface area (Å²) in [6, 6.07) is 7.55. The van der Waals surface area contributed by atoms with Gasteiger partial charge in [0.15, 0.2) is 0 Å². The zero-order chi connectivity index (χ0) is 11.5. The van der Waals surface area contributed by atoms with Crippen LogP contribution in [0.2, 0.25) is 0 Å². The number of aliphatic imine (C=N–C) groups is 1. The summed E-state index contributed by atoms with van der Waals surface area (Å²) in [6.07, 6.45) is 0. The zero-order valence-electron chi connectivity index (χ0n) is 9.02. The Balaban J connectivity index is 2.80. The first-order chi connectivity index (χ1) is 7.74. The molecule has 0 unspecified atom stereocenters. The van der Waals surface area contributed by atoms with Crippen molar-refractivity contribution in [2.75, 3.05) is 7.11 Å². The molecule has 1 aromatic carbocycles. The number of pyridine rings is 1. The fourth-order valence-corrected chi connectivity index (χ4v) is 1.68. The molecule has 0 fully saturated rings. The van der Waals surface area contributed by atoms with Crippen molar-refractivity contribution in [2.24, 2.45) is 4.99 Å². The first kappa shape index (κ1) is 10.7. The number of rotatable bonds is 2. The fraction of sp³-hybridized carbons (Fsp3) is 0.167. The second-order valence-electron chi connectivity index (χ2n) is 3.37. The molecule has 0 saturated carbocycles. The number of nitrogens with zero attached hydrogens (tertiary/aromatic N) is 2. The van der Waals surface area contributed by atoms with E-state index in [0.717, 1.165) is 28.0 Å². The van der Waals surface area contributed by atoms with Crippen molar-refractivity contribution in [3.63, 3.8) is 0 Å². The van der Waals surface area contributed by atoms with Crippen LogP contribution in [0.25, 0.3) is 10.9 Å². The second-order valence-corrected chi connectivity index (χ2v) is 3.55. The Morgan fingerprint density at radius 2 is 2.19 bits per heavy atom. The third-order valence-electron chi connectivity index (χ3n) is 2.29. The molecule has 0 spiro atoms. The van der Waals surface area contributed by atoms with Gasteiger partial charge in [0.25, 0.3) is 0 Å². The number of benzene rings is 1. The molecule has 0 aliphatic rings. The van der Waals surface area contributed by atoms with E-state index in [-0.39, 0.29) is 0 Å². The lowest BCUT2D eigenvalue weighted by Crippen LogP contribution is -1.87. The predicted molar refractivity (Wildman–Crippen MR) is 67.7 cm³/mol. The van der Waals surface area contributed by atoms with Gasteiger partial charge in [0, 0.05) is 11.1 Å². The third kappa shape index (κ3) is 1.94. The molecule has 4 heteroatoms. The van der Waals surface area contributed by atoms with E-state index < -0.39 is 0 Å². The Morgan fingerprint density at radius 3 is 2.88 bits per heavy atom. The first-order valence-electron chi connectivity index (χ1n) is 4.78.